The standard InChI is InChI=1S/C8H13N3O/c1-4-7(3)8(5-2)11-9-6-10-12/h4-5,10,12H,1-2,6H2,3H3/b8-7+,11-9?. The molecule has 0 fully saturated rings. The second-order valence-corrected chi connectivity index (χ2v) is 2.03. The molecule has 0 atom stereocenters. The molecule has 4 heteroatoms. The summed E-state index contributed by atoms with van der Waals surface area (Å²) in [6, 6.07) is 0. The van der Waals surface area contributed by atoms with Crippen LogP contribution in [0.4, 0.5) is 0 Å². The van der Waals surface area contributed by atoms with Crippen LogP contribution in [0.3, 0.4) is 0 Å². The van der Waals surface area contributed by atoms with E-state index in [1.165, 1.54) is 0 Å². The van der Waals surface area contributed by atoms with Crippen molar-refractivity contribution in [1.29, 1.82) is 0 Å². The monoisotopic (exact) mass is 167 g/mol. The quantitative estimate of drug-likeness (QED) is 0.374. The van der Waals surface area contributed by atoms with Crippen LogP contribution < -0.4 is 5.48 Å². The highest BCUT2D eigenvalue weighted by molar-refractivity contribution is 5.27. The van der Waals surface area contributed by atoms with E-state index in [0.717, 1.165) is 5.57 Å². The van der Waals surface area contributed by atoms with Crippen molar-refractivity contribution >= 4 is 0 Å². The smallest absolute Gasteiger partial charge is 0.132 e. The van der Waals surface area contributed by atoms with E-state index >= 15 is 0 Å². The Morgan fingerprint density at radius 2 is 2.17 bits per heavy atom. The lowest BCUT2D eigenvalue weighted by Gasteiger charge is -1.95. The molecule has 12 heavy (non-hydrogen) atoms. The maximum atomic E-state index is 8.18. The van der Waals surface area contributed by atoms with Gasteiger partial charge in [0.1, 0.15) is 6.67 Å². The molecule has 0 aromatic carbocycles. The lowest BCUT2D eigenvalue weighted by molar-refractivity contribution is 0.168. The van der Waals surface area contributed by atoms with Crippen LogP contribution in [0.5, 0.6) is 0 Å². The molecule has 0 aliphatic heterocycles. The molecule has 0 bridgehead atoms. The summed E-state index contributed by atoms with van der Waals surface area (Å²) in [6.07, 6.45) is 3.25. The van der Waals surface area contributed by atoms with Crippen molar-refractivity contribution in [3.63, 3.8) is 0 Å². The number of rotatable bonds is 5. The van der Waals surface area contributed by atoms with Gasteiger partial charge in [0.15, 0.2) is 0 Å². The zero-order valence-corrected chi connectivity index (χ0v) is 7.12. The molecule has 0 aromatic rings. The van der Waals surface area contributed by atoms with Crippen molar-refractivity contribution in [2.75, 3.05) is 6.67 Å². The van der Waals surface area contributed by atoms with Gasteiger partial charge >= 0.3 is 0 Å². The zero-order valence-electron chi connectivity index (χ0n) is 7.12. The largest absolute Gasteiger partial charge is 0.315 e. The van der Waals surface area contributed by atoms with Crippen LogP contribution in [0.1, 0.15) is 6.92 Å². The van der Waals surface area contributed by atoms with Gasteiger partial charge < -0.3 is 5.21 Å². The van der Waals surface area contributed by atoms with Crippen molar-refractivity contribution in [2.45, 2.75) is 6.92 Å². The minimum atomic E-state index is 0.0712. The summed E-state index contributed by atoms with van der Waals surface area (Å²) in [5.41, 5.74) is 3.41. The third-order valence-corrected chi connectivity index (χ3v) is 1.22. The molecular formula is C8H13N3O. The summed E-state index contributed by atoms with van der Waals surface area (Å²) in [5.74, 6) is 0. The third kappa shape index (κ3) is 3.80. The average molecular weight is 167 g/mol. The Morgan fingerprint density at radius 1 is 1.50 bits per heavy atom. The Hall–Kier alpha value is -1.26. The molecule has 0 unspecified atom stereocenters. The highest BCUT2D eigenvalue weighted by Gasteiger charge is 1.90. The summed E-state index contributed by atoms with van der Waals surface area (Å²) >= 11 is 0. The van der Waals surface area contributed by atoms with E-state index in [1.807, 2.05) is 12.4 Å². The molecule has 0 radical (unpaired) electrons. The average Bonchev–Trinajstić information content (AvgIpc) is 2.11. The predicted molar refractivity (Wildman–Crippen MR) is 47.7 cm³/mol. The van der Waals surface area contributed by atoms with E-state index in [9.17, 15) is 0 Å². The number of allylic oxidation sites excluding steroid dienone is 3. The highest BCUT2D eigenvalue weighted by Crippen LogP contribution is 2.07. The van der Waals surface area contributed by atoms with Gasteiger partial charge in [-0.05, 0) is 18.6 Å². The van der Waals surface area contributed by atoms with Gasteiger partial charge in [-0.25, -0.2) is 0 Å². The normalized spacial score (nSPS) is 12.8. The molecule has 66 valence electrons. The minimum Gasteiger partial charge on any atom is -0.315 e. The molecule has 0 amide bonds. The highest BCUT2D eigenvalue weighted by atomic mass is 16.5. The molecule has 0 aromatic heterocycles. The van der Waals surface area contributed by atoms with E-state index in [2.05, 4.69) is 23.4 Å². The lowest BCUT2D eigenvalue weighted by Crippen LogP contribution is -2.04. The molecule has 0 aliphatic carbocycles. The Kier molecular flexibility index (Phi) is 5.77. The summed E-state index contributed by atoms with van der Waals surface area (Å²) in [5, 5.41) is 15.6. The van der Waals surface area contributed by atoms with Crippen molar-refractivity contribution in [2.24, 2.45) is 10.2 Å². The Morgan fingerprint density at radius 3 is 2.58 bits per heavy atom. The topological polar surface area (TPSA) is 57.0 Å². The van der Waals surface area contributed by atoms with Crippen LogP contribution in [-0.4, -0.2) is 11.9 Å². The first-order chi connectivity index (χ1) is 5.76. The van der Waals surface area contributed by atoms with Gasteiger partial charge in [-0.15, -0.1) is 0 Å². The second kappa shape index (κ2) is 6.45. The van der Waals surface area contributed by atoms with Gasteiger partial charge in [-0.1, -0.05) is 19.2 Å². The van der Waals surface area contributed by atoms with Crippen LogP contribution in [0.15, 0.2) is 46.8 Å². The molecule has 0 aliphatic rings. The van der Waals surface area contributed by atoms with E-state index in [0.29, 0.717) is 5.70 Å². The van der Waals surface area contributed by atoms with Gasteiger partial charge in [0.2, 0.25) is 0 Å². The Balaban J connectivity index is 4.36. The summed E-state index contributed by atoms with van der Waals surface area (Å²) in [4.78, 5) is 0. The van der Waals surface area contributed by atoms with E-state index in [4.69, 9.17) is 5.21 Å². The maximum Gasteiger partial charge on any atom is 0.132 e. The molecule has 4 nitrogen and oxygen atoms in total. The van der Waals surface area contributed by atoms with Crippen LogP contribution in [0, 0.1) is 0 Å². The van der Waals surface area contributed by atoms with Crippen LogP contribution in [-0.2, 0) is 0 Å². The number of nitrogens with one attached hydrogen (secondary N) is 1. The molecule has 0 spiro atoms. The van der Waals surface area contributed by atoms with Crippen molar-refractivity contribution in [3.05, 3.63) is 36.6 Å². The number of nitrogens with zero attached hydrogens (tertiary/aromatic N) is 2. The fourth-order valence-corrected chi connectivity index (χ4v) is 0.528. The Bertz CT molecular complexity index is 218. The van der Waals surface area contributed by atoms with Crippen LogP contribution in [0.25, 0.3) is 0 Å². The zero-order chi connectivity index (χ0) is 9.40. The molecule has 0 saturated heterocycles. The summed E-state index contributed by atoms with van der Waals surface area (Å²) < 4.78 is 0. The van der Waals surface area contributed by atoms with Crippen molar-refractivity contribution in [3.8, 4) is 0 Å². The van der Waals surface area contributed by atoms with Gasteiger partial charge in [-0.3, -0.25) is 0 Å². The molecule has 2 N–H and O–H groups in total. The van der Waals surface area contributed by atoms with E-state index in [1.54, 1.807) is 12.2 Å². The fraction of sp³-hybridized carbons (Fsp3) is 0.250. The van der Waals surface area contributed by atoms with Gasteiger partial charge in [-0.2, -0.15) is 15.7 Å². The molecule has 0 heterocycles. The van der Waals surface area contributed by atoms with Crippen LogP contribution >= 0.6 is 0 Å². The molecular weight excluding hydrogens is 154 g/mol. The third-order valence-electron chi connectivity index (χ3n) is 1.22. The first-order valence-electron chi connectivity index (χ1n) is 3.46. The lowest BCUT2D eigenvalue weighted by atomic mass is 10.2. The first-order valence-corrected chi connectivity index (χ1v) is 3.46. The first kappa shape index (κ1) is 10.7. The van der Waals surface area contributed by atoms with Crippen molar-refractivity contribution < 1.29 is 5.21 Å². The number of hydroxylamine groups is 1. The maximum absolute atomic E-state index is 8.18. The fourth-order valence-electron chi connectivity index (χ4n) is 0.528. The predicted octanol–water partition coefficient (Wildman–Crippen LogP) is 2.02. The van der Waals surface area contributed by atoms with Gasteiger partial charge in [0.05, 0.1) is 5.70 Å². The minimum absolute atomic E-state index is 0.0712. The molecule has 0 rings (SSSR count). The van der Waals surface area contributed by atoms with Crippen molar-refractivity contribution in [1.82, 2.24) is 5.48 Å². The van der Waals surface area contributed by atoms with E-state index < -0.39 is 0 Å². The van der Waals surface area contributed by atoms with Crippen LogP contribution in [0.2, 0.25) is 0 Å². The summed E-state index contributed by atoms with van der Waals surface area (Å²) in [6.45, 7) is 9.08. The van der Waals surface area contributed by atoms with Gasteiger partial charge in [0.25, 0.3) is 0 Å². The van der Waals surface area contributed by atoms with E-state index in [-0.39, 0.29) is 6.67 Å². The second-order valence-electron chi connectivity index (χ2n) is 2.03. The SMILES string of the molecule is C=C/C(C)=C(\C=C)N=NCNO. The number of azo groups is 1. The Labute approximate surface area is 72.0 Å². The van der Waals surface area contributed by atoms with Gasteiger partial charge in [0, 0.05) is 0 Å². The number of hydrogen-bond acceptors (Lipinski definition) is 4. The summed E-state index contributed by atoms with van der Waals surface area (Å²) in [7, 11) is 0. The number of hydrogen-bond donors (Lipinski definition) is 2. The molecule has 0 saturated carbocycles.